The second-order valence-corrected chi connectivity index (χ2v) is 2.88. The van der Waals surface area contributed by atoms with Crippen molar-refractivity contribution < 1.29 is 0 Å². The zero-order valence-corrected chi connectivity index (χ0v) is 7.96. The summed E-state index contributed by atoms with van der Waals surface area (Å²) in [6, 6.07) is 0. The van der Waals surface area contributed by atoms with E-state index in [1.165, 1.54) is 6.20 Å². The monoisotopic (exact) mass is 211 g/mol. The highest BCUT2D eigenvalue weighted by molar-refractivity contribution is 6.23. The molecule has 0 atom stereocenters. The molecule has 0 saturated heterocycles. The van der Waals surface area contributed by atoms with Gasteiger partial charge < -0.3 is 0 Å². The van der Waals surface area contributed by atoms with E-state index in [0.717, 1.165) is 0 Å². The molecule has 2 aromatic rings. The number of anilines is 1. The summed E-state index contributed by atoms with van der Waals surface area (Å²) in [5, 5.41) is 0. The highest BCUT2D eigenvalue weighted by atomic mass is 35.5. The summed E-state index contributed by atoms with van der Waals surface area (Å²) >= 11 is 5.30. The van der Waals surface area contributed by atoms with E-state index in [0.29, 0.717) is 5.69 Å². The van der Waals surface area contributed by atoms with Crippen molar-refractivity contribution in [3.63, 3.8) is 0 Å². The van der Waals surface area contributed by atoms with E-state index >= 15 is 0 Å². The van der Waals surface area contributed by atoms with E-state index in [9.17, 15) is 4.79 Å². The van der Waals surface area contributed by atoms with Gasteiger partial charge in [0.1, 0.15) is 0 Å². The zero-order valence-electron chi connectivity index (χ0n) is 7.21. The molecule has 0 bridgehead atoms. The van der Waals surface area contributed by atoms with Crippen LogP contribution in [0.4, 0.5) is 5.95 Å². The molecule has 2 heterocycles. The molecule has 0 saturated carbocycles. The number of halogens is 1. The lowest BCUT2D eigenvalue weighted by Crippen LogP contribution is -2.12. The van der Waals surface area contributed by atoms with Gasteiger partial charge in [-0.2, -0.15) is 4.98 Å². The van der Waals surface area contributed by atoms with Crippen molar-refractivity contribution in [1.29, 1.82) is 0 Å². The molecule has 72 valence electrons. The van der Waals surface area contributed by atoms with Gasteiger partial charge in [-0.25, -0.2) is 9.97 Å². The van der Waals surface area contributed by atoms with E-state index in [1.54, 1.807) is 6.92 Å². The number of aromatic amines is 1. The van der Waals surface area contributed by atoms with Crippen LogP contribution in [0.1, 0.15) is 5.69 Å². The quantitative estimate of drug-likeness (QED) is 0.675. The Morgan fingerprint density at radius 1 is 1.50 bits per heavy atom. The first-order valence-corrected chi connectivity index (χ1v) is 4.19. The van der Waals surface area contributed by atoms with Crippen molar-refractivity contribution in [2.45, 2.75) is 6.92 Å². The normalized spacial score (nSPS) is 10.4. The molecule has 0 aliphatic rings. The van der Waals surface area contributed by atoms with Gasteiger partial charge in [0.05, 0.1) is 11.9 Å². The van der Waals surface area contributed by atoms with Crippen LogP contribution in [0.5, 0.6) is 0 Å². The molecule has 2 N–H and O–H groups in total. The van der Waals surface area contributed by atoms with Crippen molar-refractivity contribution in [1.82, 2.24) is 19.9 Å². The van der Waals surface area contributed by atoms with E-state index in [1.807, 2.05) is 0 Å². The predicted octanol–water partition coefficient (Wildman–Crippen LogP) is 0.587. The number of aromatic nitrogens is 4. The molecule has 6 nitrogen and oxygen atoms in total. The number of nitrogens with zero attached hydrogens (tertiary/aromatic N) is 3. The summed E-state index contributed by atoms with van der Waals surface area (Å²) in [5.41, 5.74) is 0.772. The van der Waals surface area contributed by atoms with Crippen LogP contribution in [0.3, 0.4) is 0 Å². The number of nitrogens with one attached hydrogen (secondary N) is 2. The molecular formula is C7H6ClN5O. The van der Waals surface area contributed by atoms with Gasteiger partial charge in [0.25, 0.3) is 5.56 Å². The fourth-order valence-electron chi connectivity index (χ4n) is 1.05. The Morgan fingerprint density at radius 3 is 3.00 bits per heavy atom. The third-order valence-electron chi connectivity index (χ3n) is 1.63. The zero-order chi connectivity index (χ0) is 10.1. The first-order valence-electron chi connectivity index (χ1n) is 3.81. The molecule has 0 amide bonds. The molecule has 7 heteroatoms. The second-order valence-electron chi connectivity index (χ2n) is 2.69. The van der Waals surface area contributed by atoms with Gasteiger partial charge in [0.2, 0.25) is 5.95 Å². The van der Waals surface area contributed by atoms with Crippen molar-refractivity contribution in [2.24, 2.45) is 0 Å². The van der Waals surface area contributed by atoms with Crippen molar-refractivity contribution in [3.8, 4) is 0 Å². The first kappa shape index (κ1) is 8.89. The molecule has 0 unspecified atom stereocenters. The Morgan fingerprint density at radius 2 is 2.29 bits per heavy atom. The molecule has 0 radical (unpaired) electrons. The molecule has 0 aliphatic carbocycles. The van der Waals surface area contributed by atoms with Crippen LogP contribution < -0.4 is 10.4 Å². The van der Waals surface area contributed by atoms with Crippen LogP contribution in [0.2, 0.25) is 0 Å². The van der Waals surface area contributed by atoms with Crippen LogP contribution in [0, 0.1) is 6.92 Å². The van der Waals surface area contributed by atoms with Gasteiger partial charge in [-0.05, 0) is 6.92 Å². The average Bonchev–Trinajstić information content (AvgIpc) is 2.19. The summed E-state index contributed by atoms with van der Waals surface area (Å²) in [4.78, 5) is 27.9. The van der Waals surface area contributed by atoms with E-state index in [2.05, 4.69) is 24.8 Å². The Kier molecular flexibility index (Phi) is 2.05. The maximum atomic E-state index is 11.4. The molecule has 0 fully saturated rings. The molecule has 2 aromatic heterocycles. The lowest BCUT2D eigenvalue weighted by Gasteiger charge is -1.99. The highest BCUT2D eigenvalue weighted by Crippen LogP contribution is 2.04. The van der Waals surface area contributed by atoms with Gasteiger partial charge in [0, 0.05) is 11.8 Å². The predicted molar refractivity (Wildman–Crippen MR) is 52.2 cm³/mol. The number of H-pyrrole nitrogens is 1. The third kappa shape index (κ3) is 1.39. The molecule has 0 spiro atoms. The number of rotatable bonds is 1. The summed E-state index contributed by atoms with van der Waals surface area (Å²) in [6.45, 7) is 1.75. The van der Waals surface area contributed by atoms with Gasteiger partial charge in [0.15, 0.2) is 11.2 Å². The van der Waals surface area contributed by atoms with E-state index < -0.39 is 0 Å². The summed E-state index contributed by atoms with van der Waals surface area (Å²) in [6.07, 6.45) is 1.53. The summed E-state index contributed by atoms with van der Waals surface area (Å²) in [5.74, 6) is 0.155. The van der Waals surface area contributed by atoms with Crippen molar-refractivity contribution >= 4 is 28.9 Å². The van der Waals surface area contributed by atoms with Crippen LogP contribution in [-0.2, 0) is 0 Å². The lowest BCUT2D eigenvalue weighted by atomic mass is 10.4. The summed E-state index contributed by atoms with van der Waals surface area (Å²) in [7, 11) is 0. The standard InChI is InChI=1S/C7H6ClN5O/c1-3-2-9-5-4(10-3)6(14)12-7(11-5)13-8/h2H,1H3,(H2,9,11,12,13,14). The van der Waals surface area contributed by atoms with Gasteiger partial charge >= 0.3 is 0 Å². The average molecular weight is 212 g/mol. The maximum Gasteiger partial charge on any atom is 0.280 e. The number of fused-ring (bicyclic) bond motifs is 1. The molecule has 14 heavy (non-hydrogen) atoms. The topological polar surface area (TPSA) is 83.6 Å². The molecular weight excluding hydrogens is 206 g/mol. The van der Waals surface area contributed by atoms with Gasteiger partial charge in [-0.3, -0.25) is 14.6 Å². The summed E-state index contributed by atoms with van der Waals surface area (Å²) < 4.78 is 0. The van der Waals surface area contributed by atoms with Crippen molar-refractivity contribution in [3.05, 3.63) is 22.2 Å². The fraction of sp³-hybridized carbons (Fsp3) is 0.143. The minimum absolute atomic E-state index is 0.155. The van der Waals surface area contributed by atoms with Crippen LogP contribution >= 0.6 is 11.8 Å². The Labute approximate surface area is 83.5 Å². The molecule has 0 aromatic carbocycles. The largest absolute Gasteiger partial charge is 0.290 e. The Hall–Kier alpha value is -1.69. The minimum atomic E-state index is -0.366. The lowest BCUT2D eigenvalue weighted by molar-refractivity contribution is 1.09. The Balaban J connectivity index is 2.83. The van der Waals surface area contributed by atoms with Gasteiger partial charge in [-0.15, -0.1) is 0 Å². The van der Waals surface area contributed by atoms with Crippen LogP contribution in [0.15, 0.2) is 11.0 Å². The fourth-order valence-corrected chi connectivity index (χ4v) is 1.14. The second kappa shape index (κ2) is 3.22. The van der Waals surface area contributed by atoms with Crippen molar-refractivity contribution in [2.75, 3.05) is 4.84 Å². The third-order valence-corrected chi connectivity index (χ3v) is 1.81. The van der Waals surface area contributed by atoms with Crippen LogP contribution in [-0.4, -0.2) is 19.9 Å². The first-order chi connectivity index (χ1) is 6.70. The molecule has 0 aliphatic heterocycles. The number of aryl methyl sites for hydroxylation is 1. The van der Waals surface area contributed by atoms with E-state index in [-0.39, 0.29) is 22.7 Å². The smallest absolute Gasteiger partial charge is 0.280 e. The Bertz CT molecular complexity index is 537. The van der Waals surface area contributed by atoms with Crippen LogP contribution in [0.25, 0.3) is 11.2 Å². The highest BCUT2D eigenvalue weighted by Gasteiger charge is 2.05. The maximum absolute atomic E-state index is 11.4. The number of hydrogen-bond donors (Lipinski definition) is 2. The number of hydrogen-bond acceptors (Lipinski definition) is 5. The van der Waals surface area contributed by atoms with Gasteiger partial charge in [-0.1, -0.05) is 0 Å². The SMILES string of the molecule is Cc1cnc2nc(NCl)[nH]c(=O)c2n1. The van der Waals surface area contributed by atoms with E-state index in [4.69, 9.17) is 11.8 Å². The minimum Gasteiger partial charge on any atom is -0.290 e. The molecule has 2 rings (SSSR count).